The highest BCUT2D eigenvalue weighted by molar-refractivity contribution is 7.93. The van der Waals surface area contributed by atoms with Gasteiger partial charge in [0.1, 0.15) is 0 Å². The quantitative estimate of drug-likeness (QED) is 0.842. The van der Waals surface area contributed by atoms with Crippen molar-refractivity contribution in [3.8, 4) is 0 Å². The van der Waals surface area contributed by atoms with Crippen molar-refractivity contribution < 1.29 is 13.2 Å². The zero-order valence-electron chi connectivity index (χ0n) is 11.4. The van der Waals surface area contributed by atoms with Crippen molar-refractivity contribution in [3.63, 3.8) is 0 Å². The van der Waals surface area contributed by atoms with E-state index in [2.05, 4.69) is 0 Å². The van der Waals surface area contributed by atoms with Crippen LogP contribution in [0.5, 0.6) is 0 Å². The fraction of sp³-hybridized carbons (Fsp3) is 0.533. The maximum atomic E-state index is 12.8. The predicted octanol–water partition coefficient (Wildman–Crippen LogP) is 2.74. The normalized spacial score (nSPS) is 20.8. The van der Waals surface area contributed by atoms with Gasteiger partial charge in [0.05, 0.1) is 10.9 Å². The zero-order valence-corrected chi connectivity index (χ0v) is 12.2. The molecule has 1 aromatic carbocycles. The molecule has 2 aliphatic rings. The highest BCUT2D eigenvalue weighted by Gasteiger charge is 2.36. The van der Waals surface area contributed by atoms with Gasteiger partial charge in [-0.15, -0.1) is 0 Å². The largest absolute Gasteiger partial charge is 0.294 e. The van der Waals surface area contributed by atoms with Crippen LogP contribution >= 0.6 is 0 Å². The molecular weight excluding hydrogens is 274 g/mol. The molecule has 0 atom stereocenters. The molecule has 0 amide bonds. The molecule has 1 saturated carbocycles. The van der Waals surface area contributed by atoms with Gasteiger partial charge < -0.3 is 0 Å². The highest BCUT2D eigenvalue weighted by Crippen LogP contribution is 2.34. The molecule has 1 aromatic rings. The highest BCUT2D eigenvalue weighted by atomic mass is 32.2. The van der Waals surface area contributed by atoms with Gasteiger partial charge >= 0.3 is 0 Å². The molecule has 20 heavy (non-hydrogen) atoms. The van der Waals surface area contributed by atoms with E-state index in [1.54, 1.807) is 24.3 Å². The van der Waals surface area contributed by atoms with Crippen molar-refractivity contribution >= 4 is 21.5 Å². The molecule has 0 bridgehead atoms. The number of benzene rings is 1. The molecule has 0 N–H and O–H groups in total. The second-order valence-electron chi connectivity index (χ2n) is 5.57. The first-order chi connectivity index (χ1) is 9.60. The number of hydrogen-bond acceptors (Lipinski definition) is 3. The number of para-hydroxylation sites is 1. The minimum atomic E-state index is -3.34. The lowest BCUT2D eigenvalue weighted by molar-refractivity contribution is 0.0982. The van der Waals surface area contributed by atoms with Crippen molar-refractivity contribution in [2.24, 2.45) is 0 Å². The van der Waals surface area contributed by atoms with E-state index in [1.807, 2.05) is 0 Å². The molecule has 1 aliphatic heterocycles. The number of fused-ring (bicyclic) bond motifs is 1. The lowest BCUT2D eigenvalue weighted by Crippen LogP contribution is -2.43. The number of ketones is 1. The first kappa shape index (κ1) is 13.6. The van der Waals surface area contributed by atoms with E-state index < -0.39 is 10.0 Å². The summed E-state index contributed by atoms with van der Waals surface area (Å²) in [6, 6.07) is 7.04. The minimum absolute atomic E-state index is 0.0377. The number of rotatable bonds is 2. The number of carbonyl (C=O) groups is 1. The van der Waals surface area contributed by atoms with Gasteiger partial charge in [0.2, 0.25) is 10.0 Å². The Morgan fingerprint density at radius 2 is 1.75 bits per heavy atom. The third kappa shape index (κ3) is 2.24. The van der Waals surface area contributed by atoms with Crippen molar-refractivity contribution in [2.45, 2.75) is 43.8 Å². The number of nitrogens with zero attached hydrogens (tertiary/aromatic N) is 1. The molecule has 108 valence electrons. The van der Waals surface area contributed by atoms with E-state index in [0.29, 0.717) is 11.3 Å². The van der Waals surface area contributed by atoms with Crippen LogP contribution in [0, 0.1) is 0 Å². The number of carbonyl (C=O) groups excluding carboxylic acids is 1. The summed E-state index contributed by atoms with van der Waals surface area (Å²) < 4.78 is 27.1. The summed E-state index contributed by atoms with van der Waals surface area (Å²) in [6.45, 7) is 0.286. The SMILES string of the molecule is O=C1CCN(S(=O)(=O)C2CCCCC2)c2ccccc21. The summed E-state index contributed by atoms with van der Waals surface area (Å²) >= 11 is 0. The number of sulfonamides is 1. The topological polar surface area (TPSA) is 54.5 Å². The molecular formula is C15H19NO3S. The summed E-state index contributed by atoms with van der Waals surface area (Å²) in [5.41, 5.74) is 1.10. The van der Waals surface area contributed by atoms with Crippen molar-refractivity contribution in [1.82, 2.24) is 0 Å². The molecule has 4 nitrogen and oxygen atoms in total. The van der Waals surface area contributed by atoms with Crippen LogP contribution in [-0.4, -0.2) is 26.0 Å². The molecule has 0 aromatic heterocycles. The van der Waals surface area contributed by atoms with Crippen molar-refractivity contribution in [1.29, 1.82) is 0 Å². The summed E-state index contributed by atoms with van der Waals surface area (Å²) in [7, 11) is -3.34. The van der Waals surface area contributed by atoms with E-state index >= 15 is 0 Å². The van der Waals surface area contributed by atoms with Crippen molar-refractivity contribution in [2.75, 3.05) is 10.8 Å². The van der Waals surface area contributed by atoms with Gasteiger partial charge in [-0.25, -0.2) is 8.42 Å². The van der Waals surface area contributed by atoms with Gasteiger partial charge in [-0.05, 0) is 25.0 Å². The second kappa shape index (κ2) is 5.20. The smallest absolute Gasteiger partial charge is 0.238 e. The molecule has 5 heteroatoms. The van der Waals surface area contributed by atoms with E-state index in [-0.39, 0.29) is 24.0 Å². The third-order valence-corrected chi connectivity index (χ3v) is 6.60. The third-order valence-electron chi connectivity index (χ3n) is 4.30. The maximum Gasteiger partial charge on any atom is 0.238 e. The van der Waals surface area contributed by atoms with Crippen LogP contribution in [0.1, 0.15) is 48.9 Å². The Morgan fingerprint density at radius 3 is 2.50 bits per heavy atom. The Balaban J connectivity index is 1.98. The van der Waals surface area contributed by atoms with Gasteiger partial charge in [0.15, 0.2) is 5.78 Å². The fourth-order valence-corrected chi connectivity index (χ4v) is 5.26. The number of hydrogen-bond donors (Lipinski definition) is 0. The Bertz CT molecular complexity index is 618. The number of Topliss-reactive ketones (excluding diaryl/α,β-unsaturated/α-hetero) is 1. The van der Waals surface area contributed by atoms with Gasteiger partial charge in [0, 0.05) is 18.5 Å². The summed E-state index contributed by atoms with van der Waals surface area (Å²) in [5.74, 6) is 0.0377. The monoisotopic (exact) mass is 293 g/mol. The lowest BCUT2D eigenvalue weighted by Gasteiger charge is -2.34. The Kier molecular flexibility index (Phi) is 3.54. The van der Waals surface area contributed by atoms with E-state index in [1.165, 1.54) is 4.31 Å². The van der Waals surface area contributed by atoms with Gasteiger partial charge in [-0.3, -0.25) is 9.10 Å². The zero-order chi connectivity index (χ0) is 14.2. The van der Waals surface area contributed by atoms with E-state index in [0.717, 1.165) is 32.1 Å². The van der Waals surface area contributed by atoms with Crippen LogP contribution < -0.4 is 4.31 Å². The van der Waals surface area contributed by atoms with E-state index in [9.17, 15) is 13.2 Å². The van der Waals surface area contributed by atoms with Crippen LogP contribution in [0.4, 0.5) is 5.69 Å². The summed E-state index contributed by atoms with van der Waals surface area (Å²) in [4.78, 5) is 11.9. The van der Waals surface area contributed by atoms with Crippen LogP contribution in [0.25, 0.3) is 0 Å². The molecule has 0 unspecified atom stereocenters. The molecule has 0 saturated heterocycles. The van der Waals surface area contributed by atoms with Crippen molar-refractivity contribution in [3.05, 3.63) is 29.8 Å². The molecule has 1 aliphatic carbocycles. The average molecular weight is 293 g/mol. The summed E-state index contributed by atoms with van der Waals surface area (Å²) in [6.07, 6.45) is 4.87. The molecule has 1 heterocycles. The lowest BCUT2D eigenvalue weighted by atomic mass is 10.0. The second-order valence-corrected chi connectivity index (χ2v) is 7.70. The van der Waals surface area contributed by atoms with Gasteiger partial charge in [-0.1, -0.05) is 31.4 Å². The predicted molar refractivity (Wildman–Crippen MR) is 78.5 cm³/mol. The van der Waals surface area contributed by atoms with Gasteiger partial charge in [0.25, 0.3) is 0 Å². The van der Waals surface area contributed by atoms with E-state index in [4.69, 9.17) is 0 Å². The number of anilines is 1. The minimum Gasteiger partial charge on any atom is -0.294 e. The Labute approximate surface area is 119 Å². The molecule has 0 spiro atoms. The average Bonchev–Trinajstić information content (AvgIpc) is 2.48. The van der Waals surface area contributed by atoms with Crippen LogP contribution in [0.3, 0.4) is 0 Å². The van der Waals surface area contributed by atoms with Gasteiger partial charge in [-0.2, -0.15) is 0 Å². The maximum absolute atomic E-state index is 12.8. The standard InChI is InChI=1S/C15H19NO3S/c17-15-10-11-16(14-9-5-4-8-13(14)15)20(18,19)12-6-2-1-3-7-12/h4-5,8-9,12H,1-3,6-7,10-11H2. The molecule has 0 radical (unpaired) electrons. The van der Waals surface area contributed by atoms with Crippen LogP contribution in [0.2, 0.25) is 0 Å². The summed E-state index contributed by atoms with van der Waals surface area (Å²) in [5, 5.41) is -0.280. The molecule has 3 rings (SSSR count). The Morgan fingerprint density at radius 1 is 1.05 bits per heavy atom. The fourth-order valence-electron chi connectivity index (χ4n) is 3.19. The van der Waals surface area contributed by atoms with Crippen LogP contribution in [0.15, 0.2) is 24.3 Å². The van der Waals surface area contributed by atoms with Crippen LogP contribution in [-0.2, 0) is 10.0 Å². The Hall–Kier alpha value is -1.36. The molecule has 1 fully saturated rings. The first-order valence-corrected chi connectivity index (χ1v) is 8.75. The first-order valence-electron chi connectivity index (χ1n) is 7.24.